The van der Waals surface area contributed by atoms with Crippen LogP contribution in [0.5, 0.6) is 0 Å². The number of hydrogen-bond donors (Lipinski definition) is 1. The van der Waals surface area contributed by atoms with Gasteiger partial charge in [0.15, 0.2) is 0 Å². The second kappa shape index (κ2) is 8.13. The van der Waals surface area contributed by atoms with Gasteiger partial charge in [0.25, 0.3) is 0 Å². The van der Waals surface area contributed by atoms with Gasteiger partial charge in [0.1, 0.15) is 5.65 Å². The van der Waals surface area contributed by atoms with Gasteiger partial charge in [-0.2, -0.15) is 0 Å². The SMILES string of the molecule is Cc1ccn2cc(-c3ccc(NC(=O)[C@H]4CC(=O)N(c5ccc(Cl)cc5)C4)cc3)nc2c1. The zero-order chi connectivity index (χ0) is 22.2. The summed E-state index contributed by atoms with van der Waals surface area (Å²) in [5, 5.41) is 3.54. The predicted molar refractivity (Wildman–Crippen MR) is 126 cm³/mol. The number of aryl methyl sites for hydroxylation is 1. The van der Waals surface area contributed by atoms with E-state index in [1.165, 1.54) is 0 Å². The van der Waals surface area contributed by atoms with Gasteiger partial charge in [-0.1, -0.05) is 23.7 Å². The third kappa shape index (κ3) is 3.97. The predicted octanol–water partition coefficient (Wildman–Crippen LogP) is 4.95. The minimum Gasteiger partial charge on any atom is -0.326 e. The Morgan fingerprint density at radius 1 is 1.09 bits per heavy atom. The van der Waals surface area contributed by atoms with Crippen molar-refractivity contribution in [3.63, 3.8) is 0 Å². The zero-order valence-electron chi connectivity index (χ0n) is 17.5. The number of halogens is 1. The Balaban J connectivity index is 1.26. The standard InChI is InChI=1S/C25H21ClN4O2/c1-16-10-11-29-15-22(28-23(29)12-16)17-2-6-20(7-3-17)27-25(32)18-13-24(31)30(14-18)21-8-4-19(26)5-9-21/h2-12,15,18H,13-14H2,1H3,(H,27,32)/t18-/m0/s1. The molecule has 0 saturated carbocycles. The third-order valence-electron chi connectivity index (χ3n) is 5.70. The lowest BCUT2D eigenvalue weighted by molar-refractivity contribution is -0.122. The first-order chi connectivity index (χ1) is 15.5. The van der Waals surface area contributed by atoms with Gasteiger partial charge in [-0.15, -0.1) is 0 Å². The molecule has 1 saturated heterocycles. The van der Waals surface area contributed by atoms with Crippen LogP contribution >= 0.6 is 11.6 Å². The fourth-order valence-corrected chi connectivity index (χ4v) is 4.07. The molecule has 3 heterocycles. The van der Waals surface area contributed by atoms with E-state index in [0.29, 0.717) is 17.3 Å². The van der Waals surface area contributed by atoms with E-state index in [1.54, 1.807) is 29.2 Å². The molecule has 0 spiro atoms. The molecule has 160 valence electrons. The quantitative estimate of drug-likeness (QED) is 0.484. The van der Waals surface area contributed by atoms with E-state index in [-0.39, 0.29) is 18.2 Å². The highest BCUT2D eigenvalue weighted by Crippen LogP contribution is 2.28. The average Bonchev–Trinajstić information content (AvgIpc) is 3.38. The Kier molecular flexibility index (Phi) is 5.15. The molecule has 1 fully saturated rings. The highest BCUT2D eigenvalue weighted by atomic mass is 35.5. The number of fused-ring (bicyclic) bond motifs is 1. The van der Waals surface area contributed by atoms with E-state index in [9.17, 15) is 9.59 Å². The van der Waals surface area contributed by atoms with Crippen molar-refractivity contribution in [2.24, 2.45) is 5.92 Å². The van der Waals surface area contributed by atoms with Crippen molar-refractivity contribution < 1.29 is 9.59 Å². The number of carbonyl (C=O) groups excluding carboxylic acids is 2. The first-order valence-corrected chi connectivity index (χ1v) is 10.8. The Bertz CT molecular complexity index is 1310. The molecular formula is C25H21ClN4O2. The Labute approximate surface area is 190 Å². The highest BCUT2D eigenvalue weighted by Gasteiger charge is 2.35. The molecule has 2 amide bonds. The van der Waals surface area contributed by atoms with Crippen LogP contribution in [-0.4, -0.2) is 27.7 Å². The van der Waals surface area contributed by atoms with Crippen molar-refractivity contribution in [2.75, 3.05) is 16.8 Å². The van der Waals surface area contributed by atoms with Crippen LogP contribution in [-0.2, 0) is 9.59 Å². The van der Waals surface area contributed by atoms with Gasteiger partial charge in [0, 0.05) is 47.3 Å². The lowest BCUT2D eigenvalue weighted by Gasteiger charge is -2.16. The molecule has 1 aliphatic heterocycles. The van der Waals surface area contributed by atoms with Crippen molar-refractivity contribution in [3.05, 3.63) is 83.6 Å². The van der Waals surface area contributed by atoms with Gasteiger partial charge in [-0.3, -0.25) is 9.59 Å². The monoisotopic (exact) mass is 444 g/mol. The van der Waals surface area contributed by atoms with Gasteiger partial charge in [-0.25, -0.2) is 4.98 Å². The molecule has 7 heteroatoms. The lowest BCUT2D eigenvalue weighted by atomic mass is 10.1. The van der Waals surface area contributed by atoms with E-state index < -0.39 is 5.92 Å². The molecule has 0 radical (unpaired) electrons. The number of hydrogen-bond acceptors (Lipinski definition) is 3. The second-order valence-corrected chi connectivity index (χ2v) is 8.48. The zero-order valence-corrected chi connectivity index (χ0v) is 18.2. The van der Waals surface area contributed by atoms with E-state index in [1.807, 2.05) is 60.1 Å². The van der Waals surface area contributed by atoms with Gasteiger partial charge in [-0.05, 0) is 61.0 Å². The largest absolute Gasteiger partial charge is 0.326 e. The number of carbonyl (C=O) groups is 2. The van der Waals surface area contributed by atoms with Crippen LogP contribution < -0.4 is 10.2 Å². The van der Waals surface area contributed by atoms with E-state index >= 15 is 0 Å². The summed E-state index contributed by atoms with van der Waals surface area (Å²) in [6.45, 7) is 2.39. The summed E-state index contributed by atoms with van der Waals surface area (Å²) >= 11 is 5.93. The number of nitrogens with zero attached hydrogens (tertiary/aromatic N) is 3. The van der Waals surface area contributed by atoms with Crippen LogP contribution in [0.15, 0.2) is 73.1 Å². The average molecular weight is 445 g/mol. The number of nitrogens with one attached hydrogen (secondary N) is 1. The number of rotatable bonds is 4. The number of anilines is 2. The summed E-state index contributed by atoms with van der Waals surface area (Å²) in [6, 6.07) is 18.7. The lowest BCUT2D eigenvalue weighted by Crippen LogP contribution is -2.28. The molecule has 2 aromatic carbocycles. The minimum atomic E-state index is -0.403. The van der Waals surface area contributed by atoms with Gasteiger partial charge in [0.05, 0.1) is 11.6 Å². The molecule has 0 unspecified atom stereocenters. The van der Waals surface area contributed by atoms with Gasteiger partial charge >= 0.3 is 0 Å². The molecule has 5 rings (SSSR count). The number of aromatic nitrogens is 2. The topological polar surface area (TPSA) is 66.7 Å². The summed E-state index contributed by atoms with van der Waals surface area (Å²) in [5.74, 6) is -0.629. The number of pyridine rings is 1. The van der Waals surface area contributed by atoms with Crippen molar-refractivity contribution in [3.8, 4) is 11.3 Å². The molecule has 6 nitrogen and oxygen atoms in total. The van der Waals surface area contributed by atoms with Crippen molar-refractivity contribution >= 4 is 40.4 Å². The molecule has 4 aromatic rings. The summed E-state index contributed by atoms with van der Waals surface area (Å²) < 4.78 is 1.99. The van der Waals surface area contributed by atoms with Crippen LogP contribution in [0, 0.1) is 12.8 Å². The summed E-state index contributed by atoms with van der Waals surface area (Å²) in [7, 11) is 0. The van der Waals surface area contributed by atoms with E-state index in [4.69, 9.17) is 11.6 Å². The van der Waals surface area contributed by atoms with Crippen LogP contribution in [0.2, 0.25) is 5.02 Å². The summed E-state index contributed by atoms with van der Waals surface area (Å²) in [6.07, 6.45) is 4.16. The van der Waals surface area contributed by atoms with Crippen LogP contribution in [0.4, 0.5) is 11.4 Å². The minimum absolute atomic E-state index is 0.0649. The molecule has 1 aliphatic rings. The fraction of sp³-hybridized carbons (Fsp3) is 0.160. The number of amides is 2. The van der Waals surface area contributed by atoms with Crippen LogP contribution in [0.1, 0.15) is 12.0 Å². The first kappa shape index (κ1) is 20.3. The molecule has 0 bridgehead atoms. The molecule has 0 aliphatic carbocycles. The van der Waals surface area contributed by atoms with Crippen LogP contribution in [0.25, 0.3) is 16.9 Å². The number of benzene rings is 2. The molecule has 1 atom stereocenters. The fourth-order valence-electron chi connectivity index (χ4n) is 3.95. The molecule has 1 N–H and O–H groups in total. The van der Waals surface area contributed by atoms with Crippen molar-refractivity contribution in [2.45, 2.75) is 13.3 Å². The summed E-state index contributed by atoms with van der Waals surface area (Å²) in [4.78, 5) is 31.5. The first-order valence-electron chi connectivity index (χ1n) is 10.4. The van der Waals surface area contributed by atoms with Gasteiger partial charge in [0.2, 0.25) is 11.8 Å². The highest BCUT2D eigenvalue weighted by molar-refractivity contribution is 6.30. The van der Waals surface area contributed by atoms with Crippen molar-refractivity contribution in [1.29, 1.82) is 0 Å². The van der Waals surface area contributed by atoms with Crippen LogP contribution in [0.3, 0.4) is 0 Å². The Hall–Kier alpha value is -3.64. The smallest absolute Gasteiger partial charge is 0.229 e. The number of imidazole rings is 1. The normalized spacial score (nSPS) is 16.0. The maximum absolute atomic E-state index is 12.8. The maximum atomic E-state index is 12.8. The van der Waals surface area contributed by atoms with Gasteiger partial charge < -0.3 is 14.6 Å². The molecule has 2 aromatic heterocycles. The maximum Gasteiger partial charge on any atom is 0.229 e. The molecular weight excluding hydrogens is 424 g/mol. The van der Waals surface area contributed by atoms with Crippen molar-refractivity contribution in [1.82, 2.24) is 9.38 Å². The van der Waals surface area contributed by atoms with E-state index in [0.717, 1.165) is 28.2 Å². The Morgan fingerprint density at radius 3 is 2.59 bits per heavy atom. The Morgan fingerprint density at radius 2 is 1.84 bits per heavy atom. The summed E-state index contributed by atoms with van der Waals surface area (Å²) in [5.41, 5.74) is 5.33. The third-order valence-corrected chi connectivity index (χ3v) is 5.95. The van der Waals surface area contributed by atoms with E-state index in [2.05, 4.69) is 10.3 Å². The molecule has 32 heavy (non-hydrogen) atoms. The second-order valence-electron chi connectivity index (χ2n) is 8.04.